The van der Waals surface area contributed by atoms with E-state index in [2.05, 4.69) is 24.1 Å². The number of nitrogens with zero attached hydrogens (tertiary/aromatic N) is 1. The molecule has 1 amide bonds. The maximum Gasteiger partial charge on any atom is 0.277 e. The van der Waals surface area contributed by atoms with Crippen molar-refractivity contribution < 1.29 is 14.1 Å². The van der Waals surface area contributed by atoms with E-state index in [4.69, 9.17) is 9.26 Å². The molecule has 0 saturated carbocycles. The second-order valence-electron chi connectivity index (χ2n) is 7.61. The minimum absolute atomic E-state index is 0.154. The SMILES string of the molecule is CON(C)C(=O)C(Cc1c[nH]c2ccccc12)(O[Si](C)C)C(C)(C)C. The number of amides is 1. The lowest BCUT2D eigenvalue weighted by Gasteiger charge is -2.45. The predicted molar refractivity (Wildman–Crippen MR) is 103 cm³/mol. The fourth-order valence-electron chi connectivity index (χ4n) is 3.13. The van der Waals surface area contributed by atoms with Crippen LogP contribution in [0.3, 0.4) is 0 Å². The van der Waals surface area contributed by atoms with Crippen LogP contribution in [0.5, 0.6) is 0 Å². The average Bonchev–Trinajstić information content (AvgIpc) is 2.94. The van der Waals surface area contributed by atoms with Gasteiger partial charge in [0.25, 0.3) is 5.91 Å². The molecule has 25 heavy (non-hydrogen) atoms. The van der Waals surface area contributed by atoms with Crippen molar-refractivity contribution in [3.05, 3.63) is 36.0 Å². The van der Waals surface area contributed by atoms with E-state index in [1.54, 1.807) is 7.05 Å². The summed E-state index contributed by atoms with van der Waals surface area (Å²) < 4.78 is 6.43. The van der Waals surface area contributed by atoms with E-state index in [0.717, 1.165) is 16.5 Å². The molecule has 0 aliphatic carbocycles. The van der Waals surface area contributed by atoms with Crippen LogP contribution in [-0.4, -0.2) is 44.8 Å². The van der Waals surface area contributed by atoms with Crippen LogP contribution in [0.2, 0.25) is 13.1 Å². The number of carbonyl (C=O) groups is 1. The molecule has 1 N–H and O–H groups in total. The smallest absolute Gasteiger partial charge is 0.277 e. The Bertz CT molecular complexity index is 736. The van der Waals surface area contributed by atoms with Crippen molar-refractivity contribution in [3.8, 4) is 0 Å². The van der Waals surface area contributed by atoms with Gasteiger partial charge in [-0.2, -0.15) is 0 Å². The summed E-state index contributed by atoms with van der Waals surface area (Å²) in [5, 5.41) is 2.40. The van der Waals surface area contributed by atoms with Gasteiger partial charge >= 0.3 is 0 Å². The van der Waals surface area contributed by atoms with Gasteiger partial charge in [0.2, 0.25) is 9.04 Å². The van der Waals surface area contributed by atoms with Crippen LogP contribution < -0.4 is 0 Å². The van der Waals surface area contributed by atoms with Crippen molar-refractivity contribution in [2.24, 2.45) is 5.41 Å². The van der Waals surface area contributed by atoms with Crippen LogP contribution in [0.1, 0.15) is 26.3 Å². The third-order valence-electron chi connectivity index (χ3n) is 4.61. The molecule has 137 valence electrons. The second kappa shape index (κ2) is 7.31. The highest BCUT2D eigenvalue weighted by Crippen LogP contribution is 2.40. The number of benzene rings is 1. The van der Waals surface area contributed by atoms with Crippen molar-refractivity contribution >= 4 is 25.9 Å². The number of hydrogen-bond acceptors (Lipinski definition) is 3. The number of H-pyrrole nitrogens is 1. The van der Waals surface area contributed by atoms with Gasteiger partial charge in [-0.3, -0.25) is 9.63 Å². The number of para-hydroxylation sites is 1. The third kappa shape index (κ3) is 3.81. The molecule has 2 aromatic rings. The molecule has 6 heteroatoms. The first-order valence-corrected chi connectivity index (χ1v) is 10.9. The number of likely N-dealkylation sites (N-methyl/N-ethyl adjacent to an activating group) is 1. The van der Waals surface area contributed by atoms with Crippen LogP contribution in [0.4, 0.5) is 0 Å². The molecule has 2 rings (SSSR count). The number of hydrogen-bond donors (Lipinski definition) is 1. The van der Waals surface area contributed by atoms with Gasteiger partial charge in [0.15, 0.2) is 0 Å². The fourth-order valence-corrected chi connectivity index (χ4v) is 4.29. The molecule has 0 bridgehead atoms. The van der Waals surface area contributed by atoms with E-state index in [-0.39, 0.29) is 5.91 Å². The highest BCUT2D eigenvalue weighted by molar-refractivity contribution is 6.48. The van der Waals surface area contributed by atoms with Gasteiger partial charge in [0.1, 0.15) is 5.60 Å². The van der Waals surface area contributed by atoms with Crippen LogP contribution in [0.25, 0.3) is 10.9 Å². The largest absolute Gasteiger partial charge is 0.402 e. The standard InChI is InChI=1S/C19H29N2O3Si/c1-18(2,3)19(24-25(6)7,17(22)21(4)23-5)12-14-13-20-16-11-9-8-10-15(14)16/h8-11,13,20H,12H2,1-7H3. The monoisotopic (exact) mass is 361 g/mol. The molecule has 1 atom stereocenters. The Labute approximate surface area is 152 Å². The van der Waals surface area contributed by atoms with Crippen LogP contribution in [0.15, 0.2) is 30.5 Å². The summed E-state index contributed by atoms with van der Waals surface area (Å²) in [7, 11) is 2.01. The van der Waals surface area contributed by atoms with Gasteiger partial charge in [-0.1, -0.05) is 39.0 Å². The number of aromatic nitrogens is 1. The van der Waals surface area contributed by atoms with Crippen molar-refractivity contribution in [1.82, 2.24) is 10.0 Å². The zero-order chi connectivity index (χ0) is 18.8. The first-order valence-electron chi connectivity index (χ1n) is 8.49. The summed E-state index contributed by atoms with van der Waals surface area (Å²) >= 11 is 0. The highest BCUT2D eigenvalue weighted by atomic mass is 28.3. The quantitative estimate of drug-likeness (QED) is 0.629. The van der Waals surface area contributed by atoms with Crippen LogP contribution >= 0.6 is 0 Å². The molecule has 1 heterocycles. The first-order chi connectivity index (χ1) is 11.6. The normalized spacial score (nSPS) is 14.7. The summed E-state index contributed by atoms with van der Waals surface area (Å²) in [6.45, 7) is 10.3. The minimum Gasteiger partial charge on any atom is -0.402 e. The van der Waals surface area contributed by atoms with Crippen molar-refractivity contribution in [2.45, 2.75) is 45.9 Å². The number of rotatable bonds is 6. The molecule has 1 aromatic heterocycles. The predicted octanol–water partition coefficient (Wildman–Crippen LogP) is 3.78. The molecule has 1 aromatic carbocycles. The Hall–Kier alpha value is -1.63. The van der Waals surface area contributed by atoms with Crippen molar-refractivity contribution in [3.63, 3.8) is 0 Å². The zero-order valence-electron chi connectivity index (χ0n) is 16.3. The second-order valence-corrected chi connectivity index (χ2v) is 9.63. The first kappa shape index (κ1) is 19.7. The summed E-state index contributed by atoms with van der Waals surface area (Å²) in [4.78, 5) is 21.8. The Morgan fingerprint density at radius 2 is 1.88 bits per heavy atom. The average molecular weight is 362 g/mol. The topological polar surface area (TPSA) is 54.6 Å². The van der Waals surface area contributed by atoms with Gasteiger partial charge in [-0.15, -0.1) is 0 Å². The van der Waals surface area contributed by atoms with Crippen LogP contribution in [-0.2, 0) is 20.5 Å². The highest BCUT2D eigenvalue weighted by Gasteiger charge is 2.52. The molecular weight excluding hydrogens is 332 g/mol. The van der Waals surface area contributed by atoms with Crippen molar-refractivity contribution in [2.75, 3.05) is 14.2 Å². The molecule has 0 aliphatic heterocycles. The maximum absolute atomic E-state index is 13.3. The molecule has 0 fully saturated rings. The van der Waals surface area contributed by atoms with E-state index in [0.29, 0.717) is 6.42 Å². The molecule has 5 nitrogen and oxygen atoms in total. The van der Waals surface area contributed by atoms with Gasteiger partial charge in [0.05, 0.1) is 7.11 Å². The number of carbonyl (C=O) groups excluding carboxylic acids is 1. The van der Waals surface area contributed by atoms with Gasteiger partial charge in [0, 0.05) is 30.6 Å². The Balaban J connectivity index is 2.58. The Morgan fingerprint density at radius 3 is 2.44 bits per heavy atom. The molecular formula is C19H29N2O3Si. The number of fused-ring (bicyclic) bond motifs is 1. The zero-order valence-corrected chi connectivity index (χ0v) is 17.3. The number of hydroxylamine groups is 2. The summed E-state index contributed by atoms with van der Waals surface area (Å²) in [6.07, 6.45) is 2.47. The fraction of sp³-hybridized carbons (Fsp3) is 0.526. The molecule has 0 saturated heterocycles. The summed E-state index contributed by atoms with van der Waals surface area (Å²) in [5.41, 5.74) is 0.732. The van der Waals surface area contributed by atoms with E-state index >= 15 is 0 Å². The molecule has 1 radical (unpaired) electrons. The summed E-state index contributed by atoms with van der Waals surface area (Å²) in [6, 6.07) is 8.12. The lowest BCUT2D eigenvalue weighted by molar-refractivity contribution is -0.195. The van der Waals surface area contributed by atoms with Crippen LogP contribution in [0, 0.1) is 5.41 Å². The minimum atomic E-state index is -1.13. The Morgan fingerprint density at radius 1 is 1.24 bits per heavy atom. The van der Waals surface area contributed by atoms with Gasteiger partial charge in [-0.05, 0) is 30.1 Å². The lowest BCUT2D eigenvalue weighted by Crippen LogP contribution is -2.60. The lowest BCUT2D eigenvalue weighted by atomic mass is 9.72. The number of nitrogens with one attached hydrogen (secondary N) is 1. The molecule has 1 unspecified atom stereocenters. The van der Waals surface area contributed by atoms with E-state index in [1.165, 1.54) is 12.2 Å². The summed E-state index contributed by atoms with van der Waals surface area (Å²) in [5.74, 6) is -0.154. The maximum atomic E-state index is 13.3. The molecule has 0 aliphatic rings. The van der Waals surface area contributed by atoms with Gasteiger partial charge in [-0.25, -0.2) is 5.06 Å². The number of aromatic amines is 1. The van der Waals surface area contributed by atoms with E-state index in [1.807, 2.05) is 45.2 Å². The van der Waals surface area contributed by atoms with Crippen molar-refractivity contribution in [1.29, 1.82) is 0 Å². The third-order valence-corrected chi connectivity index (χ3v) is 5.37. The molecule has 0 spiro atoms. The van der Waals surface area contributed by atoms with Gasteiger partial charge < -0.3 is 9.41 Å². The van der Waals surface area contributed by atoms with E-state index in [9.17, 15) is 4.79 Å². The van der Waals surface area contributed by atoms with E-state index < -0.39 is 20.1 Å². The Kier molecular flexibility index (Phi) is 5.76.